The molecule has 2 aromatic heterocycles. The molecular weight excluding hydrogens is 356 g/mol. The zero-order valence-electron chi connectivity index (χ0n) is 16.9. The number of nitrogens with one attached hydrogen (secondary N) is 2. The Morgan fingerprint density at radius 2 is 2.11 bits per heavy atom. The van der Waals surface area contributed by atoms with E-state index in [4.69, 9.17) is 4.74 Å². The maximum Gasteiger partial charge on any atom is 0.341 e. The standard InChI is InChI=1S/C20H26N6O2/c1-6-28-20(27)16-10-22-26(17-8-7-12(2)9-13(17)3)18(16)11-21-14(4)19-23-15(5)24-25-19/h7-10,14,21H,6,11H2,1-5H3,(H,23,24,25). The predicted molar refractivity (Wildman–Crippen MR) is 105 cm³/mol. The molecule has 2 N–H and O–H groups in total. The first kappa shape index (κ1) is 19.8. The summed E-state index contributed by atoms with van der Waals surface area (Å²) in [4.78, 5) is 16.8. The maximum absolute atomic E-state index is 12.4. The number of esters is 1. The molecule has 2 heterocycles. The number of benzene rings is 1. The number of carbonyl (C=O) groups is 1. The average Bonchev–Trinajstić information content (AvgIpc) is 3.26. The van der Waals surface area contributed by atoms with Crippen molar-refractivity contribution in [3.05, 3.63) is 58.4 Å². The van der Waals surface area contributed by atoms with Gasteiger partial charge in [0, 0.05) is 6.54 Å². The van der Waals surface area contributed by atoms with Crippen LogP contribution in [-0.4, -0.2) is 37.5 Å². The lowest BCUT2D eigenvalue weighted by molar-refractivity contribution is 0.0524. The minimum absolute atomic E-state index is 0.0949. The lowest BCUT2D eigenvalue weighted by Gasteiger charge is -2.15. The second kappa shape index (κ2) is 8.35. The Morgan fingerprint density at radius 1 is 1.32 bits per heavy atom. The van der Waals surface area contributed by atoms with Crippen LogP contribution < -0.4 is 5.32 Å². The van der Waals surface area contributed by atoms with E-state index in [9.17, 15) is 4.79 Å². The van der Waals surface area contributed by atoms with Gasteiger partial charge in [-0.15, -0.1) is 0 Å². The van der Waals surface area contributed by atoms with Crippen LogP contribution in [0.15, 0.2) is 24.4 Å². The van der Waals surface area contributed by atoms with Crippen LogP contribution in [0.25, 0.3) is 5.69 Å². The number of aromatic nitrogens is 5. The molecule has 0 aliphatic heterocycles. The molecule has 8 nitrogen and oxygen atoms in total. The van der Waals surface area contributed by atoms with Gasteiger partial charge in [-0.2, -0.15) is 10.2 Å². The normalized spacial score (nSPS) is 12.2. The van der Waals surface area contributed by atoms with Crippen LogP contribution in [0.2, 0.25) is 0 Å². The molecule has 0 aliphatic rings. The highest BCUT2D eigenvalue weighted by Gasteiger charge is 2.21. The summed E-state index contributed by atoms with van der Waals surface area (Å²) >= 11 is 0. The minimum Gasteiger partial charge on any atom is -0.462 e. The summed E-state index contributed by atoms with van der Waals surface area (Å²) in [5.41, 5.74) is 4.38. The number of H-pyrrole nitrogens is 1. The van der Waals surface area contributed by atoms with E-state index in [1.807, 2.05) is 39.8 Å². The second-order valence-electron chi connectivity index (χ2n) is 6.81. The molecule has 0 radical (unpaired) electrons. The molecule has 8 heteroatoms. The van der Waals surface area contributed by atoms with Crippen LogP contribution in [0.5, 0.6) is 0 Å². The number of aromatic amines is 1. The van der Waals surface area contributed by atoms with Gasteiger partial charge in [-0.05, 0) is 46.2 Å². The molecule has 3 rings (SSSR count). The third-order valence-corrected chi connectivity index (χ3v) is 4.52. The van der Waals surface area contributed by atoms with E-state index < -0.39 is 0 Å². The van der Waals surface area contributed by atoms with Gasteiger partial charge in [-0.25, -0.2) is 14.5 Å². The quantitative estimate of drug-likeness (QED) is 0.610. The van der Waals surface area contributed by atoms with E-state index in [-0.39, 0.29) is 12.0 Å². The Labute approximate surface area is 164 Å². The molecule has 1 atom stereocenters. The van der Waals surface area contributed by atoms with E-state index in [1.165, 1.54) is 5.56 Å². The third kappa shape index (κ3) is 4.12. The first-order chi connectivity index (χ1) is 13.4. The molecule has 1 unspecified atom stereocenters. The highest BCUT2D eigenvalue weighted by molar-refractivity contribution is 5.90. The van der Waals surface area contributed by atoms with Gasteiger partial charge in [0.15, 0.2) is 5.82 Å². The molecule has 0 spiro atoms. The van der Waals surface area contributed by atoms with Crippen molar-refractivity contribution >= 4 is 5.97 Å². The molecule has 0 aliphatic carbocycles. The van der Waals surface area contributed by atoms with Crippen molar-refractivity contribution in [1.29, 1.82) is 0 Å². The molecule has 0 bridgehead atoms. The molecule has 0 saturated heterocycles. The molecule has 3 aromatic rings. The first-order valence-corrected chi connectivity index (χ1v) is 9.34. The molecule has 1 aromatic carbocycles. The van der Waals surface area contributed by atoms with Gasteiger partial charge < -0.3 is 10.1 Å². The number of hydrogen-bond acceptors (Lipinski definition) is 6. The van der Waals surface area contributed by atoms with E-state index >= 15 is 0 Å². The Balaban J connectivity index is 1.93. The van der Waals surface area contributed by atoms with Crippen molar-refractivity contribution in [3.63, 3.8) is 0 Å². The zero-order valence-corrected chi connectivity index (χ0v) is 16.9. The van der Waals surface area contributed by atoms with E-state index in [0.717, 1.165) is 22.8 Å². The number of nitrogens with zero attached hydrogens (tertiary/aromatic N) is 4. The third-order valence-electron chi connectivity index (χ3n) is 4.52. The minimum atomic E-state index is -0.378. The molecule has 0 fully saturated rings. The number of hydrogen-bond donors (Lipinski definition) is 2. The number of carbonyl (C=O) groups excluding carboxylic acids is 1. The number of ether oxygens (including phenoxy) is 1. The van der Waals surface area contributed by atoms with E-state index in [2.05, 4.69) is 31.7 Å². The van der Waals surface area contributed by atoms with Gasteiger partial charge in [0.2, 0.25) is 0 Å². The average molecular weight is 382 g/mol. The summed E-state index contributed by atoms with van der Waals surface area (Å²) in [7, 11) is 0. The summed E-state index contributed by atoms with van der Waals surface area (Å²) < 4.78 is 7.01. The van der Waals surface area contributed by atoms with Crippen LogP contribution in [0, 0.1) is 20.8 Å². The van der Waals surface area contributed by atoms with E-state index in [1.54, 1.807) is 17.8 Å². The summed E-state index contributed by atoms with van der Waals surface area (Å²) in [6.07, 6.45) is 1.57. The van der Waals surface area contributed by atoms with Crippen LogP contribution in [0.1, 0.15) is 58.7 Å². The number of rotatable bonds is 7. The Morgan fingerprint density at radius 3 is 2.75 bits per heavy atom. The molecule has 0 amide bonds. The van der Waals surface area contributed by atoms with Crippen molar-refractivity contribution in [1.82, 2.24) is 30.3 Å². The van der Waals surface area contributed by atoms with Crippen molar-refractivity contribution < 1.29 is 9.53 Å². The van der Waals surface area contributed by atoms with E-state index in [0.29, 0.717) is 24.5 Å². The highest BCUT2D eigenvalue weighted by Crippen LogP contribution is 2.21. The SMILES string of the molecule is CCOC(=O)c1cnn(-c2ccc(C)cc2C)c1CNC(C)c1n[nH]c(C)n1. The molecular formula is C20H26N6O2. The van der Waals surface area contributed by atoms with Crippen LogP contribution in [0.3, 0.4) is 0 Å². The Bertz CT molecular complexity index is 975. The summed E-state index contributed by atoms with van der Waals surface area (Å²) in [6, 6.07) is 6.04. The van der Waals surface area contributed by atoms with Crippen LogP contribution in [-0.2, 0) is 11.3 Å². The van der Waals surface area contributed by atoms with Gasteiger partial charge >= 0.3 is 5.97 Å². The summed E-state index contributed by atoms with van der Waals surface area (Å²) in [5.74, 6) is 1.06. The first-order valence-electron chi connectivity index (χ1n) is 9.34. The number of aryl methyl sites for hydroxylation is 3. The lowest BCUT2D eigenvalue weighted by atomic mass is 10.1. The lowest BCUT2D eigenvalue weighted by Crippen LogP contribution is -2.23. The Kier molecular flexibility index (Phi) is 5.89. The largest absolute Gasteiger partial charge is 0.462 e. The van der Waals surface area contributed by atoms with Gasteiger partial charge in [0.05, 0.1) is 30.2 Å². The monoisotopic (exact) mass is 382 g/mol. The van der Waals surface area contributed by atoms with Gasteiger partial charge in [-0.3, -0.25) is 5.10 Å². The second-order valence-corrected chi connectivity index (χ2v) is 6.81. The van der Waals surface area contributed by atoms with Crippen LogP contribution >= 0.6 is 0 Å². The Hall–Kier alpha value is -3.00. The fourth-order valence-electron chi connectivity index (χ4n) is 3.07. The fourth-order valence-corrected chi connectivity index (χ4v) is 3.07. The molecule has 28 heavy (non-hydrogen) atoms. The maximum atomic E-state index is 12.4. The van der Waals surface area contributed by atoms with Gasteiger partial charge in [0.1, 0.15) is 11.4 Å². The predicted octanol–water partition coefficient (Wildman–Crippen LogP) is 2.94. The molecule has 0 saturated carbocycles. The highest BCUT2D eigenvalue weighted by atomic mass is 16.5. The van der Waals surface area contributed by atoms with Crippen molar-refractivity contribution in [2.24, 2.45) is 0 Å². The van der Waals surface area contributed by atoms with Crippen molar-refractivity contribution in [2.45, 2.75) is 47.2 Å². The fraction of sp³-hybridized carbons (Fsp3) is 0.400. The zero-order chi connectivity index (χ0) is 20.3. The smallest absolute Gasteiger partial charge is 0.341 e. The van der Waals surface area contributed by atoms with Gasteiger partial charge in [0.25, 0.3) is 0 Å². The topological polar surface area (TPSA) is 97.7 Å². The van der Waals surface area contributed by atoms with Crippen molar-refractivity contribution in [3.8, 4) is 5.69 Å². The van der Waals surface area contributed by atoms with Gasteiger partial charge in [-0.1, -0.05) is 17.7 Å². The van der Waals surface area contributed by atoms with Crippen molar-refractivity contribution in [2.75, 3.05) is 6.61 Å². The van der Waals surface area contributed by atoms with Crippen LogP contribution in [0.4, 0.5) is 0 Å². The summed E-state index contributed by atoms with van der Waals surface area (Å²) in [5, 5.41) is 14.9. The summed E-state index contributed by atoms with van der Waals surface area (Å²) in [6.45, 7) is 10.4. The molecule has 148 valence electrons.